The van der Waals surface area contributed by atoms with Crippen molar-refractivity contribution in [3.63, 3.8) is 0 Å². The van der Waals surface area contributed by atoms with Crippen molar-refractivity contribution in [2.45, 2.75) is 17.7 Å². The first-order valence-electron chi connectivity index (χ1n) is 9.52. The number of hydrogen-bond acceptors (Lipinski definition) is 7. The molecule has 2 N–H and O–H groups in total. The zero-order chi connectivity index (χ0) is 21.3. The third-order valence-corrected chi connectivity index (χ3v) is 6.90. The molecule has 0 radical (unpaired) electrons. The maximum Gasteiger partial charge on any atom is 0.256 e. The van der Waals surface area contributed by atoms with Crippen molar-refractivity contribution in [3.05, 3.63) is 35.9 Å². The molecule has 1 saturated heterocycles. The predicted molar refractivity (Wildman–Crippen MR) is 108 cm³/mol. The van der Waals surface area contributed by atoms with Gasteiger partial charge in [0, 0.05) is 18.7 Å². The van der Waals surface area contributed by atoms with Crippen LogP contribution >= 0.6 is 0 Å². The summed E-state index contributed by atoms with van der Waals surface area (Å²) in [5.74, 6) is 0.332. The molecule has 4 rings (SSSR count). The minimum atomic E-state index is -3.69. The molecule has 0 saturated carbocycles. The van der Waals surface area contributed by atoms with Gasteiger partial charge in [0.15, 0.2) is 11.5 Å². The van der Waals surface area contributed by atoms with E-state index in [4.69, 9.17) is 14.2 Å². The number of nitrogens with zero attached hydrogens (tertiary/aromatic N) is 1. The van der Waals surface area contributed by atoms with Gasteiger partial charge >= 0.3 is 0 Å². The smallest absolute Gasteiger partial charge is 0.256 e. The Morgan fingerprint density at radius 1 is 1.13 bits per heavy atom. The van der Waals surface area contributed by atoms with Crippen molar-refractivity contribution in [2.24, 2.45) is 0 Å². The number of amides is 1. The standard InChI is InChI=1S/C20H22N2O7S/c1-27-17-10-13(11-18-19(17)29-9-8-28-18)20(24)21-15-12-14(4-5-16(15)23)30(25,26)22-6-2-3-7-22/h4-5,10-12,23H,2-3,6-9H2,1H3,(H,21,24). The number of phenolic OH excluding ortho intramolecular Hbond substituents is 1. The maximum absolute atomic E-state index is 12.8. The van der Waals surface area contributed by atoms with Gasteiger partial charge in [0.05, 0.1) is 17.7 Å². The van der Waals surface area contributed by atoms with Crippen LogP contribution in [-0.4, -0.2) is 57.1 Å². The Balaban J connectivity index is 1.62. The van der Waals surface area contributed by atoms with E-state index in [9.17, 15) is 18.3 Å². The fourth-order valence-corrected chi connectivity index (χ4v) is 5.00. The quantitative estimate of drug-likeness (QED) is 0.694. The highest BCUT2D eigenvalue weighted by Crippen LogP contribution is 2.40. The molecule has 2 aliphatic rings. The summed E-state index contributed by atoms with van der Waals surface area (Å²) in [6.07, 6.45) is 1.62. The van der Waals surface area contributed by atoms with Crippen molar-refractivity contribution in [3.8, 4) is 23.0 Å². The topological polar surface area (TPSA) is 114 Å². The molecule has 2 aromatic carbocycles. The van der Waals surface area contributed by atoms with Gasteiger partial charge in [0.1, 0.15) is 19.0 Å². The summed E-state index contributed by atoms with van der Waals surface area (Å²) in [7, 11) is -2.23. The SMILES string of the molecule is COc1cc(C(=O)Nc2cc(S(=O)(=O)N3CCCC3)ccc2O)cc2c1OCCO2. The maximum atomic E-state index is 12.8. The molecule has 0 aliphatic carbocycles. The second-order valence-corrected chi connectivity index (χ2v) is 8.88. The van der Waals surface area contributed by atoms with Crippen LogP contribution < -0.4 is 19.5 Å². The number of benzene rings is 2. The molecule has 0 spiro atoms. The number of hydrogen-bond donors (Lipinski definition) is 2. The fourth-order valence-electron chi connectivity index (χ4n) is 3.45. The van der Waals surface area contributed by atoms with Crippen LogP contribution in [0.4, 0.5) is 5.69 Å². The van der Waals surface area contributed by atoms with E-state index in [-0.39, 0.29) is 21.9 Å². The van der Waals surface area contributed by atoms with E-state index in [1.807, 2.05) is 0 Å². The number of aromatic hydroxyl groups is 1. The molecule has 2 heterocycles. The first-order chi connectivity index (χ1) is 14.4. The van der Waals surface area contributed by atoms with E-state index in [1.54, 1.807) is 0 Å². The number of phenols is 1. The number of carbonyl (C=O) groups is 1. The summed E-state index contributed by atoms with van der Waals surface area (Å²) >= 11 is 0. The van der Waals surface area contributed by atoms with Crippen molar-refractivity contribution in [2.75, 3.05) is 38.7 Å². The fraction of sp³-hybridized carbons (Fsp3) is 0.350. The second kappa shape index (κ2) is 8.04. The normalized spacial score (nSPS) is 16.3. The number of nitrogens with one attached hydrogen (secondary N) is 1. The van der Waals surface area contributed by atoms with Gasteiger partial charge in [-0.25, -0.2) is 8.42 Å². The Hall–Kier alpha value is -2.98. The van der Waals surface area contributed by atoms with Crippen molar-refractivity contribution in [1.29, 1.82) is 0 Å². The van der Waals surface area contributed by atoms with Gasteiger partial charge in [0.25, 0.3) is 5.91 Å². The molecule has 2 aliphatic heterocycles. The Morgan fingerprint density at radius 2 is 1.87 bits per heavy atom. The number of fused-ring (bicyclic) bond motifs is 1. The molecule has 1 amide bonds. The van der Waals surface area contributed by atoms with Crippen LogP contribution in [0, 0.1) is 0 Å². The van der Waals surface area contributed by atoms with Gasteiger partial charge in [-0.3, -0.25) is 4.79 Å². The molecule has 9 nitrogen and oxygen atoms in total. The Bertz CT molecular complexity index is 1060. The van der Waals surface area contributed by atoms with Crippen LogP contribution in [0.15, 0.2) is 35.2 Å². The van der Waals surface area contributed by atoms with E-state index in [0.29, 0.717) is 43.6 Å². The molecule has 2 aromatic rings. The molecule has 0 bridgehead atoms. The van der Waals surface area contributed by atoms with E-state index in [2.05, 4.69) is 5.32 Å². The molecule has 0 aromatic heterocycles. The minimum Gasteiger partial charge on any atom is -0.506 e. The van der Waals surface area contributed by atoms with E-state index < -0.39 is 15.9 Å². The summed E-state index contributed by atoms with van der Waals surface area (Å²) in [6.45, 7) is 1.64. The summed E-state index contributed by atoms with van der Waals surface area (Å²) < 4.78 is 43.3. The zero-order valence-electron chi connectivity index (χ0n) is 16.4. The lowest BCUT2D eigenvalue weighted by atomic mass is 10.1. The number of sulfonamides is 1. The van der Waals surface area contributed by atoms with Crippen LogP contribution in [0.1, 0.15) is 23.2 Å². The summed E-state index contributed by atoms with van der Waals surface area (Å²) in [6, 6.07) is 6.84. The third-order valence-electron chi connectivity index (χ3n) is 5.01. The molecular formula is C20H22N2O7S. The van der Waals surface area contributed by atoms with Crippen LogP contribution in [-0.2, 0) is 10.0 Å². The highest BCUT2D eigenvalue weighted by Gasteiger charge is 2.28. The number of ether oxygens (including phenoxy) is 3. The van der Waals surface area contributed by atoms with Gasteiger partial charge in [-0.2, -0.15) is 4.31 Å². The highest BCUT2D eigenvalue weighted by atomic mass is 32.2. The van der Waals surface area contributed by atoms with Crippen molar-refractivity contribution in [1.82, 2.24) is 4.31 Å². The predicted octanol–water partition coefficient (Wildman–Crippen LogP) is 2.21. The van der Waals surface area contributed by atoms with E-state index >= 15 is 0 Å². The molecule has 0 unspecified atom stereocenters. The Labute approximate surface area is 174 Å². The van der Waals surface area contributed by atoms with Crippen molar-refractivity contribution < 1.29 is 32.5 Å². The van der Waals surface area contributed by atoms with Gasteiger partial charge in [-0.15, -0.1) is 0 Å². The molecular weight excluding hydrogens is 412 g/mol. The summed E-state index contributed by atoms with van der Waals surface area (Å²) in [4.78, 5) is 12.8. The van der Waals surface area contributed by atoms with E-state index in [0.717, 1.165) is 12.8 Å². The van der Waals surface area contributed by atoms with Gasteiger partial charge < -0.3 is 24.6 Å². The number of carbonyl (C=O) groups excluding carboxylic acids is 1. The van der Waals surface area contributed by atoms with Gasteiger partial charge in [0.2, 0.25) is 15.8 Å². The first kappa shape index (κ1) is 20.3. The average Bonchev–Trinajstić information content (AvgIpc) is 3.30. The number of methoxy groups -OCH3 is 1. The van der Waals surface area contributed by atoms with Crippen molar-refractivity contribution >= 4 is 21.6 Å². The minimum absolute atomic E-state index is 0.00544. The highest BCUT2D eigenvalue weighted by molar-refractivity contribution is 7.89. The molecule has 160 valence electrons. The zero-order valence-corrected chi connectivity index (χ0v) is 17.2. The van der Waals surface area contributed by atoms with Crippen LogP contribution in [0.5, 0.6) is 23.0 Å². The Morgan fingerprint density at radius 3 is 2.60 bits per heavy atom. The largest absolute Gasteiger partial charge is 0.506 e. The van der Waals surface area contributed by atoms with E-state index in [1.165, 1.54) is 41.7 Å². The molecule has 1 fully saturated rings. The third kappa shape index (κ3) is 3.75. The lowest BCUT2D eigenvalue weighted by Crippen LogP contribution is -2.28. The van der Waals surface area contributed by atoms with Crippen LogP contribution in [0.2, 0.25) is 0 Å². The van der Waals surface area contributed by atoms with Crippen LogP contribution in [0.25, 0.3) is 0 Å². The lowest BCUT2D eigenvalue weighted by Gasteiger charge is -2.21. The molecule has 10 heteroatoms. The first-order valence-corrected chi connectivity index (χ1v) is 11.0. The van der Waals surface area contributed by atoms with Gasteiger partial charge in [-0.05, 0) is 43.2 Å². The van der Waals surface area contributed by atoms with Gasteiger partial charge in [-0.1, -0.05) is 0 Å². The number of rotatable bonds is 5. The summed E-state index contributed by atoms with van der Waals surface area (Å²) in [5.41, 5.74) is 0.206. The van der Waals surface area contributed by atoms with Crippen LogP contribution in [0.3, 0.4) is 0 Å². The lowest BCUT2D eigenvalue weighted by molar-refractivity contribution is 0.102. The monoisotopic (exact) mass is 434 g/mol. The second-order valence-electron chi connectivity index (χ2n) is 6.95. The summed E-state index contributed by atoms with van der Waals surface area (Å²) in [5, 5.41) is 12.7. The number of anilines is 1. The Kier molecular flexibility index (Phi) is 5.44. The molecule has 30 heavy (non-hydrogen) atoms. The molecule has 0 atom stereocenters. The average molecular weight is 434 g/mol.